The van der Waals surface area contributed by atoms with Crippen molar-refractivity contribution in [3.8, 4) is 5.88 Å². The lowest BCUT2D eigenvalue weighted by molar-refractivity contribution is -0.139. The van der Waals surface area contributed by atoms with Crippen molar-refractivity contribution in [3.05, 3.63) is 17.6 Å². The molecule has 0 fully saturated rings. The molecule has 0 radical (unpaired) electrons. The summed E-state index contributed by atoms with van der Waals surface area (Å²) in [7, 11) is 2.65. The first kappa shape index (κ1) is 15.1. The van der Waals surface area contributed by atoms with E-state index < -0.39 is 11.8 Å². The van der Waals surface area contributed by atoms with Crippen molar-refractivity contribution in [2.45, 2.75) is 32.6 Å². The largest absolute Gasteiger partial charge is 0.480 e. The van der Waals surface area contributed by atoms with Crippen molar-refractivity contribution in [1.29, 1.82) is 0 Å². The second-order valence-electron chi connectivity index (χ2n) is 5.04. The summed E-state index contributed by atoms with van der Waals surface area (Å²) in [6.45, 7) is 5.87. The molecule has 0 aliphatic rings. The molecule has 0 saturated heterocycles. The van der Waals surface area contributed by atoms with E-state index in [1.807, 2.05) is 20.8 Å². The van der Waals surface area contributed by atoms with Crippen molar-refractivity contribution < 1.29 is 19.1 Å². The molecule has 6 heteroatoms. The summed E-state index contributed by atoms with van der Waals surface area (Å²) in [5.74, 6) is -0.288. The van der Waals surface area contributed by atoms with Gasteiger partial charge < -0.3 is 9.47 Å². The van der Waals surface area contributed by atoms with Crippen molar-refractivity contribution in [2.75, 3.05) is 14.2 Å². The Balaban J connectivity index is 3.09. The minimum absolute atomic E-state index is 0.175. The predicted octanol–water partition coefficient (Wildman–Crippen LogP) is 1.53. The smallest absolute Gasteiger partial charge is 0.313 e. The Morgan fingerprint density at radius 1 is 1.26 bits per heavy atom. The lowest BCUT2D eigenvalue weighted by Crippen LogP contribution is -2.18. The zero-order chi connectivity index (χ0) is 14.6. The summed E-state index contributed by atoms with van der Waals surface area (Å²) in [5, 5.41) is 0. The van der Waals surface area contributed by atoms with Crippen LogP contribution in [0.25, 0.3) is 0 Å². The number of aromatic nitrogens is 2. The monoisotopic (exact) mass is 266 g/mol. The van der Waals surface area contributed by atoms with Gasteiger partial charge in [-0.15, -0.1) is 0 Å². The summed E-state index contributed by atoms with van der Waals surface area (Å²) in [6, 6.07) is 0. The van der Waals surface area contributed by atoms with E-state index in [4.69, 9.17) is 4.74 Å². The first-order chi connectivity index (χ1) is 8.79. The van der Waals surface area contributed by atoms with Gasteiger partial charge in [-0.05, 0) is 0 Å². The van der Waals surface area contributed by atoms with Crippen LogP contribution in [0.3, 0.4) is 0 Å². The van der Waals surface area contributed by atoms with E-state index in [1.165, 1.54) is 20.4 Å². The molecule has 0 amide bonds. The number of hydrogen-bond donors (Lipinski definition) is 0. The molecule has 19 heavy (non-hydrogen) atoms. The number of carbonyl (C=O) groups is 2. The molecule has 0 unspecified atom stereocenters. The van der Waals surface area contributed by atoms with Gasteiger partial charge in [-0.1, -0.05) is 20.8 Å². The molecule has 1 aromatic heterocycles. The number of ketones is 1. The maximum Gasteiger partial charge on any atom is 0.313 e. The number of methoxy groups -OCH3 is 2. The highest BCUT2D eigenvalue weighted by Gasteiger charge is 2.23. The average molecular weight is 266 g/mol. The molecule has 0 atom stereocenters. The molecule has 0 spiro atoms. The standard InChI is InChI=1S/C13H18N2O4/c1-13(2,3)12-14-7-8(11(15-12)19-5)9(16)6-10(17)18-4/h7H,6H2,1-5H3. The van der Waals surface area contributed by atoms with Gasteiger partial charge in [0.1, 0.15) is 12.2 Å². The number of ether oxygens (including phenoxy) is 2. The Labute approximate surface area is 112 Å². The summed E-state index contributed by atoms with van der Waals surface area (Å²) < 4.78 is 9.55. The lowest BCUT2D eigenvalue weighted by Gasteiger charge is -2.17. The van der Waals surface area contributed by atoms with Crippen molar-refractivity contribution in [3.63, 3.8) is 0 Å². The fraction of sp³-hybridized carbons (Fsp3) is 0.538. The van der Waals surface area contributed by atoms with Crippen LogP contribution < -0.4 is 4.74 Å². The van der Waals surface area contributed by atoms with Gasteiger partial charge in [0.15, 0.2) is 5.78 Å². The molecule has 1 aromatic rings. The SMILES string of the molecule is COC(=O)CC(=O)c1cnc(C(C)(C)C)nc1OC. The molecule has 0 aromatic carbocycles. The average Bonchev–Trinajstić information content (AvgIpc) is 2.36. The summed E-state index contributed by atoms with van der Waals surface area (Å²) in [4.78, 5) is 31.3. The third-order valence-electron chi connectivity index (χ3n) is 2.45. The number of esters is 1. The van der Waals surface area contributed by atoms with Crippen molar-refractivity contribution >= 4 is 11.8 Å². The van der Waals surface area contributed by atoms with E-state index in [9.17, 15) is 9.59 Å². The van der Waals surface area contributed by atoms with Gasteiger partial charge in [-0.3, -0.25) is 9.59 Å². The molecule has 1 heterocycles. The number of nitrogens with zero attached hydrogens (tertiary/aromatic N) is 2. The maximum absolute atomic E-state index is 11.9. The highest BCUT2D eigenvalue weighted by atomic mass is 16.5. The van der Waals surface area contributed by atoms with Gasteiger partial charge in [0, 0.05) is 11.6 Å². The van der Waals surface area contributed by atoms with E-state index >= 15 is 0 Å². The van der Waals surface area contributed by atoms with E-state index in [1.54, 1.807) is 0 Å². The lowest BCUT2D eigenvalue weighted by atomic mass is 9.95. The highest BCUT2D eigenvalue weighted by molar-refractivity contribution is 6.07. The third kappa shape index (κ3) is 3.74. The van der Waals surface area contributed by atoms with Crippen LogP contribution in [-0.2, 0) is 14.9 Å². The zero-order valence-electron chi connectivity index (χ0n) is 11.8. The van der Waals surface area contributed by atoms with Crippen LogP contribution in [0.5, 0.6) is 5.88 Å². The Bertz CT molecular complexity index is 492. The summed E-state index contributed by atoms with van der Waals surface area (Å²) in [5.41, 5.74) is -0.0714. The van der Waals surface area contributed by atoms with Crippen molar-refractivity contribution in [2.24, 2.45) is 0 Å². The highest BCUT2D eigenvalue weighted by Crippen LogP contribution is 2.23. The minimum Gasteiger partial charge on any atom is -0.480 e. The van der Waals surface area contributed by atoms with E-state index in [2.05, 4.69) is 14.7 Å². The molecule has 0 aliphatic heterocycles. The Hall–Kier alpha value is -1.98. The first-order valence-corrected chi connectivity index (χ1v) is 5.81. The molecule has 1 rings (SSSR count). The second kappa shape index (κ2) is 5.77. The number of hydrogen-bond acceptors (Lipinski definition) is 6. The second-order valence-corrected chi connectivity index (χ2v) is 5.04. The number of carbonyl (C=O) groups excluding carboxylic acids is 2. The van der Waals surface area contributed by atoms with Crippen LogP contribution in [0.1, 0.15) is 43.4 Å². The van der Waals surface area contributed by atoms with Gasteiger partial charge in [0.2, 0.25) is 5.88 Å². The van der Waals surface area contributed by atoms with E-state index in [0.717, 1.165) is 0 Å². The van der Waals surface area contributed by atoms with Crippen LogP contribution in [-0.4, -0.2) is 35.9 Å². The Morgan fingerprint density at radius 3 is 2.37 bits per heavy atom. The first-order valence-electron chi connectivity index (χ1n) is 5.81. The molecule has 0 N–H and O–H groups in total. The van der Waals surface area contributed by atoms with Crippen LogP contribution in [0, 0.1) is 0 Å². The topological polar surface area (TPSA) is 78.4 Å². The maximum atomic E-state index is 11.9. The van der Waals surface area contributed by atoms with Crippen LogP contribution in [0.2, 0.25) is 0 Å². The predicted molar refractivity (Wildman–Crippen MR) is 68.2 cm³/mol. The minimum atomic E-state index is -0.605. The van der Waals surface area contributed by atoms with Gasteiger partial charge in [-0.25, -0.2) is 4.98 Å². The molecule has 0 bridgehead atoms. The molecule has 6 nitrogen and oxygen atoms in total. The molecular weight excluding hydrogens is 248 g/mol. The third-order valence-corrected chi connectivity index (χ3v) is 2.45. The van der Waals surface area contributed by atoms with E-state index in [-0.39, 0.29) is 23.3 Å². The van der Waals surface area contributed by atoms with Gasteiger partial charge >= 0.3 is 5.97 Å². The zero-order valence-corrected chi connectivity index (χ0v) is 11.8. The van der Waals surface area contributed by atoms with Crippen LogP contribution in [0.15, 0.2) is 6.20 Å². The summed E-state index contributed by atoms with van der Waals surface area (Å²) in [6.07, 6.45) is 1.03. The van der Waals surface area contributed by atoms with Gasteiger partial charge in [0.25, 0.3) is 0 Å². The van der Waals surface area contributed by atoms with Crippen LogP contribution >= 0.6 is 0 Å². The van der Waals surface area contributed by atoms with Crippen molar-refractivity contribution in [1.82, 2.24) is 9.97 Å². The fourth-order valence-electron chi connectivity index (χ4n) is 1.37. The quantitative estimate of drug-likeness (QED) is 0.467. The molecule has 0 aliphatic carbocycles. The number of rotatable bonds is 4. The Morgan fingerprint density at radius 2 is 1.89 bits per heavy atom. The fourth-order valence-corrected chi connectivity index (χ4v) is 1.37. The van der Waals surface area contributed by atoms with Gasteiger partial charge in [0.05, 0.1) is 19.8 Å². The number of Topliss-reactive ketones (excluding diaryl/α,β-unsaturated/α-hetero) is 1. The molecule has 0 saturated carbocycles. The molecule has 104 valence electrons. The Kier molecular flexibility index (Phi) is 4.58. The molecular formula is C13H18N2O4. The summed E-state index contributed by atoms with van der Waals surface area (Å²) >= 11 is 0. The van der Waals surface area contributed by atoms with Crippen LogP contribution in [0.4, 0.5) is 0 Å². The van der Waals surface area contributed by atoms with E-state index in [0.29, 0.717) is 5.82 Å². The van der Waals surface area contributed by atoms with Gasteiger partial charge in [-0.2, -0.15) is 4.98 Å². The normalized spacial score (nSPS) is 11.0.